The van der Waals surface area contributed by atoms with Gasteiger partial charge < -0.3 is 0 Å². The lowest BCUT2D eigenvalue weighted by atomic mass is 10.1. The van der Waals surface area contributed by atoms with Gasteiger partial charge in [-0.1, -0.05) is 0 Å². The highest BCUT2D eigenvalue weighted by Crippen LogP contribution is 2.35. The molecule has 0 radical (unpaired) electrons. The lowest BCUT2D eigenvalue weighted by molar-refractivity contribution is -0.140. The van der Waals surface area contributed by atoms with E-state index in [0.717, 1.165) is 0 Å². The number of carbonyl (C=O) groups is 1. The van der Waals surface area contributed by atoms with Gasteiger partial charge in [0, 0.05) is 4.47 Å². The summed E-state index contributed by atoms with van der Waals surface area (Å²) >= 11 is 2.56. The van der Waals surface area contributed by atoms with Gasteiger partial charge in [-0.05, 0) is 28.1 Å². The fraction of sp³-hybridized carbons (Fsp3) is 0.222. The fourth-order valence-electron chi connectivity index (χ4n) is 1.11. The third-order valence-corrected chi connectivity index (χ3v) is 2.50. The van der Waals surface area contributed by atoms with Crippen molar-refractivity contribution in [3.8, 4) is 0 Å². The zero-order valence-electron chi connectivity index (χ0n) is 7.79. The van der Waals surface area contributed by atoms with Crippen molar-refractivity contribution < 1.29 is 31.1 Å². The monoisotopic (exact) mass is 320 g/mol. The second kappa shape index (κ2) is 4.67. The van der Waals surface area contributed by atoms with E-state index in [-0.39, 0.29) is 0 Å². The number of Topliss-reactive ketones (excluding diaryl/α,β-unsaturated/α-hetero) is 1. The smallest absolute Gasteiger partial charge is 0.288 e. The first-order chi connectivity index (χ1) is 7.66. The average molecular weight is 321 g/mol. The maximum atomic E-state index is 13.3. The molecule has 0 atom stereocenters. The number of hydrogen-bond donors (Lipinski definition) is 0. The topological polar surface area (TPSA) is 17.1 Å². The molecule has 0 spiro atoms. The van der Waals surface area contributed by atoms with Gasteiger partial charge in [-0.15, -0.1) is 0 Å². The van der Waals surface area contributed by atoms with Crippen LogP contribution in [0.25, 0.3) is 0 Å². The van der Waals surface area contributed by atoms with E-state index in [1.165, 1.54) is 0 Å². The van der Waals surface area contributed by atoms with Crippen molar-refractivity contribution in [1.29, 1.82) is 0 Å². The van der Waals surface area contributed by atoms with Crippen LogP contribution in [-0.2, 0) is 6.18 Å². The molecule has 1 aromatic rings. The van der Waals surface area contributed by atoms with E-state index in [2.05, 4.69) is 15.9 Å². The summed E-state index contributed by atoms with van der Waals surface area (Å²) < 4.78 is 73.9. The van der Waals surface area contributed by atoms with E-state index in [1.54, 1.807) is 0 Å². The SMILES string of the molecule is O=C(c1c(Br)ccc(C(F)(F)F)c1F)C(F)F. The highest BCUT2D eigenvalue weighted by molar-refractivity contribution is 9.10. The standard InChI is InChI=1S/C9H3BrF6O/c10-4-2-1-3(9(14,15)16)6(11)5(4)7(17)8(12)13/h1-2,8H. The highest BCUT2D eigenvalue weighted by atomic mass is 79.9. The molecule has 17 heavy (non-hydrogen) atoms. The Kier molecular flexibility index (Phi) is 3.85. The predicted octanol–water partition coefficient (Wildman–Crippen LogP) is 4.05. The van der Waals surface area contributed by atoms with Crippen molar-refractivity contribution in [2.45, 2.75) is 12.6 Å². The molecule has 0 saturated carbocycles. The number of halogens is 7. The quantitative estimate of drug-likeness (QED) is 0.593. The molecule has 0 bridgehead atoms. The molecule has 0 aliphatic rings. The second-order valence-corrected chi connectivity index (χ2v) is 3.80. The molecular weight excluding hydrogens is 318 g/mol. The van der Waals surface area contributed by atoms with Crippen LogP contribution in [0.2, 0.25) is 0 Å². The predicted molar refractivity (Wildman–Crippen MR) is 49.4 cm³/mol. The van der Waals surface area contributed by atoms with Gasteiger partial charge in [0.2, 0.25) is 5.78 Å². The summed E-state index contributed by atoms with van der Waals surface area (Å²) in [4.78, 5) is 10.9. The van der Waals surface area contributed by atoms with Crippen LogP contribution in [0.4, 0.5) is 26.3 Å². The fourth-order valence-corrected chi connectivity index (χ4v) is 1.61. The maximum Gasteiger partial charge on any atom is 0.419 e. The Morgan fingerprint density at radius 3 is 2.18 bits per heavy atom. The molecule has 0 saturated heterocycles. The minimum absolute atomic E-state index is 0.363. The molecule has 0 amide bonds. The van der Waals surface area contributed by atoms with Crippen molar-refractivity contribution in [3.63, 3.8) is 0 Å². The highest BCUT2D eigenvalue weighted by Gasteiger charge is 2.37. The molecule has 8 heteroatoms. The van der Waals surface area contributed by atoms with E-state index in [9.17, 15) is 31.1 Å². The zero-order chi connectivity index (χ0) is 13.4. The molecule has 0 N–H and O–H groups in total. The Balaban J connectivity index is 3.46. The molecular formula is C9H3BrF6O. The van der Waals surface area contributed by atoms with Gasteiger partial charge in [-0.25, -0.2) is 13.2 Å². The summed E-state index contributed by atoms with van der Waals surface area (Å²) in [6.45, 7) is 0. The Bertz CT molecular complexity index is 454. The first kappa shape index (κ1) is 14.0. The number of carbonyl (C=O) groups excluding carboxylic acids is 1. The summed E-state index contributed by atoms with van der Waals surface area (Å²) in [6, 6.07) is 1.06. The molecule has 1 aromatic carbocycles. The minimum Gasteiger partial charge on any atom is -0.288 e. The Hall–Kier alpha value is -1.05. The summed E-state index contributed by atoms with van der Waals surface area (Å²) in [5.74, 6) is -4.00. The van der Waals surface area contributed by atoms with Crippen molar-refractivity contribution in [2.24, 2.45) is 0 Å². The number of benzene rings is 1. The van der Waals surface area contributed by atoms with Crippen molar-refractivity contribution in [3.05, 3.63) is 33.5 Å². The molecule has 0 aliphatic carbocycles. The summed E-state index contributed by atoms with van der Waals surface area (Å²) in [5, 5.41) is 0. The molecule has 1 rings (SSSR count). The Morgan fingerprint density at radius 1 is 1.24 bits per heavy atom. The van der Waals surface area contributed by atoms with E-state index in [0.29, 0.717) is 12.1 Å². The zero-order valence-corrected chi connectivity index (χ0v) is 9.37. The maximum absolute atomic E-state index is 13.3. The largest absolute Gasteiger partial charge is 0.419 e. The lowest BCUT2D eigenvalue weighted by Gasteiger charge is -2.11. The van der Waals surface area contributed by atoms with E-state index >= 15 is 0 Å². The van der Waals surface area contributed by atoms with E-state index < -0.39 is 39.8 Å². The van der Waals surface area contributed by atoms with Crippen LogP contribution in [0, 0.1) is 5.82 Å². The first-order valence-electron chi connectivity index (χ1n) is 4.03. The molecule has 94 valence electrons. The van der Waals surface area contributed by atoms with Crippen molar-refractivity contribution in [2.75, 3.05) is 0 Å². The minimum atomic E-state index is -5.05. The van der Waals surface area contributed by atoms with Crippen LogP contribution in [0.5, 0.6) is 0 Å². The van der Waals surface area contributed by atoms with Crippen molar-refractivity contribution >= 4 is 21.7 Å². The van der Waals surface area contributed by atoms with Gasteiger partial charge in [-0.2, -0.15) is 13.2 Å². The Morgan fingerprint density at radius 2 is 1.76 bits per heavy atom. The van der Waals surface area contributed by atoms with Crippen LogP contribution >= 0.6 is 15.9 Å². The number of alkyl halides is 5. The number of rotatable bonds is 2. The van der Waals surface area contributed by atoms with Gasteiger partial charge >= 0.3 is 12.6 Å². The Labute approximate surface area is 99.5 Å². The van der Waals surface area contributed by atoms with Gasteiger partial charge in [0.25, 0.3) is 0 Å². The van der Waals surface area contributed by atoms with E-state index in [4.69, 9.17) is 0 Å². The van der Waals surface area contributed by atoms with Gasteiger partial charge in [0.15, 0.2) is 0 Å². The number of hydrogen-bond acceptors (Lipinski definition) is 1. The molecule has 0 aliphatic heterocycles. The third kappa shape index (κ3) is 2.80. The van der Waals surface area contributed by atoms with Crippen LogP contribution in [0.15, 0.2) is 16.6 Å². The third-order valence-electron chi connectivity index (χ3n) is 1.84. The average Bonchev–Trinajstić information content (AvgIpc) is 2.14. The molecule has 0 unspecified atom stereocenters. The van der Waals surface area contributed by atoms with Crippen molar-refractivity contribution in [1.82, 2.24) is 0 Å². The van der Waals surface area contributed by atoms with Crippen LogP contribution in [0.3, 0.4) is 0 Å². The lowest BCUT2D eigenvalue weighted by Crippen LogP contribution is -2.17. The van der Waals surface area contributed by atoms with Gasteiger partial charge in [-0.3, -0.25) is 4.79 Å². The van der Waals surface area contributed by atoms with Crippen LogP contribution in [0.1, 0.15) is 15.9 Å². The molecule has 0 heterocycles. The summed E-state index contributed by atoms with van der Waals surface area (Å²) in [5.41, 5.74) is -3.06. The molecule has 0 aromatic heterocycles. The van der Waals surface area contributed by atoms with Crippen LogP contribution < -0.4 is 0 Å². The van der Waals surface area contributed by atoms with E-state index in [1.807, 2.05) is 0 Å². The normalized spacial score (nSPS) is 12.0. The summed E-state index contributed by atoms with van der Waals surface area (Å²) in [6.07, 6.45) is -8.63. The first-order valence-corrected chi connectivity index (χ1v) is 4.83. The van der Waals surface area contributed by atoms with Gasteiger partial charge in [0.05, 0.1) is 11.1 Å². The van der Waals surface area contributed by atoms with Crippen LogP contribution in [-0.4, -0.2) is 12.2 Å². The molecule has 0 fully saturated rings. The second-order valence-electron chi connectivity index (χ2n) is 2.95. The van der Waals surface area contributed by atoms with Gasteiger partial charge in [0.1, 0.15) is 5.82 Å². The molecule has 1 nitrogen and oxygen atoms in total. The summed E-state index contributed by atoms with van der Waals surface area (Å²) in [7, 11) is 0. The number of ketones is 1.